The molecule has 10 heteroatoms. The van der Waals surface area contributed by atoms with Gasteiger partial charge in [0.25, 0.3) is 0 Å². The molecule has 2 rings (SSSR count). The predicted octanol–water partition coefficient (Wildman–Crippen LogP) is 2.97. The Morgan fingerprint density at radius 2 is 1.40 bits per heavy atom. The Morgan fingerprint density at radius 1 is 0.829 bits per heavy atom. The maximum absolute atomic E-state index is 12.6. The molecule has 0 aliphatic heterocycles. The quantitative estimate of drug-likeness (QED) is 0.252. The SMILES string of the molecule is C[C@H](NC(=O)N[C@@H](CCCCNC(=O)OCc1ccccc1)C(=O)OCc1ccccc1)C(=O)O. The van der Waals surface area contributed by atoms with E-state index in [9.17, 15) is 19.2 Å². The van der Waals surface area contributed by atoms with E-state index in [-0.39, 0.29) is 19.6 Å². The van der Waals surface area contributed by atoms with Gasteiger partial charge in [-0.1, -0.05) is 60.7 Å². The monoisotopic (exact) mass is 485 g/mol. The van der Waals surface area contributed by atoms with Crippen LogP contribution in [0.3, 0.4) is 0 Å². The molecule has 0 heterocycles. The van der Waals surface area contributed by atoms with E-state index in [4.69, 9.17) is 14.6 Å². The molecule has 188 valence electrons. The van der Waals surface area contributed by atoms with Crippen LogP contribution in [-0.2, 0) is 32.3 Å². The molecule has 0 aromatic heterocycles. The van der Waals surface area contributed by atoms with Gasteiger partial charge in [0.1, 0.15) is 25.3 Å². The Morgan fingerprint density at radius 3 is 1.97 bits per heavy atom. The Bertz CT molecular complexity index is 954. The number of aliphatic carboxylic acids is 1. The van der Waals surface area contributed by atoms with Gasteiger partial charge in [-0.2, -0.15) is 0 Å². The van der Waals surface area contributed by atoms with Crippen molar-refractivity contribution in [2.45, 2.75) is 51.5 Å². The minimum atomic E-state index is -1.20. The summed E-state index contributed by atoms with van der Waals surface area (Å²) < 4.78 is 10.5. The van der Waals surface area contributed by atoms with Gasteiger partial charge >= 0.3 is 24.1 Å². The molecule has 2 atom stereocenters. The number of nitrogens with one attached hydrogen (secondary N) is 3. The van der Waals surface area contributed by atoms with Crippen LogP contribution in [0.15, 0.2) is 60.7 Å². The van der Waals surface area contributed by atoms with Gasteiger partial charge < -0.3 is 30.5 Å². The molecule has 0 aliphatic rings. The Hall–Kier alpha value is -4.08. The van der Waals surface area contributed by atoms with Gasteiger partial charge in [0.2, 0.25) is 0 Å². The first-order valence-corrected chi connectivity index (χ1v) is 11.3. The molecule has 0 aliphatic carbocycles. The largest absolute Gasteiger partial charge is 0.480 e. The fourth-order valence-electron chi connectivity index (χ4n) is 2.97. The lowest BCUT2D eigenvalue weighted by molar-refractivity contribution is -0.147. The van der Waals surface area contributed by atoms with Gasteiger partial charge in [-0.25, -0.2) is 14.4 Å². The zero-order chi connectivity index (χ0) is 25.5. The highest BCUT2D eigenvalue weighted by Crippen LogP contribution is 2.07. The average molecular weight is 486 g/mol. The first-order valence-electron chi connectivity index (χ1n) is 11.3. The van der Waals surface area contributed by atoms with Crippen molar-refractivity contribution in [2.24, 2.45) is 0 Å². The van der Waals surface area contributed by atoms with Crippen LogP contribution in [0.25, 0.3) is 0 Å². The molecule has 0 bridgehead atoms. The number of unbranched alkanes of at least 4 members (excludes halogenated alkanes) is 1. The van der Waals surface area contributed by atoms with Crippen molar-refractivity contribution in [1.82, 2.24) is 16.0 Å². The second kappa shape index (κ2) is 14.9. The summed E-state index contributed by atoms with van der Waals surface area (Å²) in [6.07, 6.45) is 0.702. The molecule has 10 nitrogen and oxygen atoms in total. The van der Waals surface area contributed by atoms with E-state index in [0.717, 1.165) is 11.1 Å². The number of urea groups is 1. The van der Waals surface area contributed by atoms with Crippen LogP contribution >= 0.6 is 0 Å². The van der Waals surface area contributed by atoms with Gasteiger partial charge in [-0.15, -0.1) is 0 Å². The van der Waals surface area contributed by atoms with Crippen LogP contribution in [0.4, 0.5) is 9.59 Å². The third-order valence-electron chi connectivity index (χ3n) is 4.93. The first kappa shape index (κ1) is 27.2. The smallest absolute Gasteiger partial charge is 0.407 e. The van der Waals surface area contributed by atoms with Crippen molar-refractivity contribution in [3.8, 4) is 0 Å². The molecule has 0 fully saturated rings. The Balaban J connectivity index is 1.78. The van der Waals surface area contributed by atoms with E-state index in [2.05, 4.69) is 16.0 Å². The number of carbonyl (C=O) groups is 4. The van der Waals surface area contributed by atoms with Gasteiger partial charge in [-0.05, 0) is 37.3 Å². The van der Waals surface area contributed by atoms with Crippen LogP contribution < -0.4 is 16.0 Å². The summed E-state index contributed by atoms with van der Waals surface area (Å²) in [6.45, 7) is 1.84. The number of alkyl carbamates (subject to hydrolysis) is 1. The summed E-state index contributed by atoms with van der Waals surface area (Å²) >= 11 is 0. The van der Waals surface area contributed by atoms with E-state index in [1.807, 2.05) is 48.5 Å². The van der Waals surface area contributed by atoms with Crippen molar-refractivity contribution in [2.75, 3.05) is 6.54 Å². The molecule has 2 aromatic carbocycles. The van der Waals surface area contributed by atoms with Crippen LogP contribution in [0.2, 0.25) is 0 Å². The topological polar surface area (TPSA) is 143 Å². The van der Waals surface area contributed by atoms with Crippen LogP contribution in [0, 0.1) is 0 Å². The molecule has 0 saturated carbocycles. The molecular weight excluding hydrogens is 454 g/mol. The molecule has 35 heavy (non-hydrogen) atoms. The maximum Gasteiger partial charge on any atom is 0.407 e. The third-order valence-corrected chi connectivity index (χ3v) is 4.93. The van der Waals surface area contributed by atoms with E-state index >= 15 is 0 Å². The Labute approximate surface area is 204 Å². The Kier molecular flexibility index (Phi) is 11.6. The summed E-state index contributed by atoms with van der Waals surface area (Å²) in [5, 5.41) is 16.3. The first-order chi connectivity index (χ1) is 16.8. The minimum Gasteiger partial charge on any atom is -0.480 e. The molecule has 3 amide bonds. The number of hydrogen-bond acceptors (Lipinski definition) is 6. The van der Waals surface area contributed by atoms with Gasteiger partial charge in [0.15, 0.2) is 0 Å². The van der Waals surface area contributed by atoms with E-state index in [1.54, 1.807) is 12.1 Å². The second-order valence-electron chi connectivity index (χ2n) is 7.81. The number of carbonyl (C=O) groups excluding carboxylic acids is 3. The van der Waals surface area contributed by atoms with Crippen molar-refractivity contribution < 1.29 is 33.8 Å². The van der Waals surface area contributed by atoms with Gasteiger partial charge in [-0.3, -0.25) is 4.79 Å². The molecule has 4 N–H and O–H groups in total. The average Bonchev–Trinajstić information content (AvgIpc) is 2.86. The summed E-state index contributed by atoms with van der Waals surface area (Å²) in [6, 6.07) is 15.5. The van der Waals surface area contributed by atoms with Crippen molar-refractivity contribution in [1.29, 1.82) is 0 Å². The number of carboxylic acid groups (broad SMARTS) is 1. The molecule has 0 radical (unpaired) electrons. The molecule has 0 spiro atoms. The minimum absolute atomic E-state index is 0.0415. The van der Waals surface area contributed by atoms with Crippen molar-refractivity contribution in [3.63, 3.8) is 0 Å². The number of esters is 1. The van der Waals surface area contributed by atoms with Crippen molar-refractivity contribution >= 4 is 24.1 Å². The summed E-state index contributed by atoms with van der Waals surface area (Å²) in [5.74, 6) is -1.84. The lowest BCUT2D eigenvalue weighted by Gasteiger charge is -2.19. The van der Waals surface area contributed by atoms with E-state index in [1.165, 1.54) is 6.92 Å². The van der Waals surface area contributed by atoms with Gasteiger partial charge in [0.05, 0.1) is 0 Å². The second-order valence-corrected chi connectivity index (χ2v) is 7.81. The van der Waals surface area contributed by atoms with Crippen LogP contribution in [0.5, 0.6) is 0 Å². The molecule has 0 saturated heterocycles. The lowest BCUT2D eigenvalue weighted by atomic mass is 10.1. The molecular formula is C25H31N3O7. The zero-order valence-electron chi connectivity index (χ0n) is 19.6. The summed E-state index contributed by atoms with van der Waals surface area (Å²) in [5.41, 5.74) is 1.67. The summed E-state index contributed by atoms with van der Waals surface area (Å²) in [4.78, 5) is 47.5. The molecule has 2 aromatic rings. The standard InChI is InChI=1S/C25H31N3O7/c1-18(22(29)30)27-24(32)28-21(23(31)34-16-19-10-4-2-5-11-19)14-8-9-15-26-25(33)35-17-20-12-6-3-7-13-20/h2-7,10-13,18,21H,8-9,14-17H2,1H3,(H,26,33)(H,29,30)(H2,27,28,32)/t18-,21-/m0/s1. The normalized spacial score (nSPS) is 12.0. The van der Waals surface area contributed by atoms with Gasteiger partial charge in [0, 0.05) is 6.54 Å². The predicted molar refractivity (Wildman–Crippen MR) is 127 cm³/mol. The highest BCUT2D eigenvalue weighted by molar-refractivity contribution is 5.86. The van der Waals surface area contributed by atoms with E-state index < -0.39 is 36.1 Å². The highest BCUT2D eigenvalue weighted by atomic mass is 16.5. The molecule has 0 unspecified atom stereocenters. The number of rotatable bonds is 13. The van der Waals surface area contributed by atoms with Crippen molar-refractivity contribution in [3.05, 3.63) is 71.8 Å². The van der Waals surface area contributed by atoms with E-state index in [0.29, 0.717) is 19.4 Å². The summed E-state index contributed by atoms with van der Waals surface area (Å²) in [7, 11) is 0. The van der Waals surface area contributed by atoms with Crippen LogP contribution in [0.1, 0.15) is 37.3 Å². The number of ether oxygens (including phenoxy) is 2. The fraction of sp³-hybridized carbons (Fsp3) is 0.360. The number of benzene rings is 2. The number of carboxylic acids is 1. The maximum atomic E-state index is 12.6. The third kappa shape index (κ3) is 11.1. The zero-order valence-corrected chi connectivity index (χ0v) is 19.6. The fourth-order valence-corrected chi connectivity index (χ4v) is 2.97. The van der Waals surface area contributed by atoms with Crippen LogP contribution in [-0.4, -0.2) is 47.8 Å². The number of hydrogen-bond donors (Lipinski definition) is 4. The highest BCUT2D eigenvalue weighted by Gasteiger charge is 2.24. The lowest BCUT2D eigenvalue weighted by Crippen LogP contribution is -2.50. The number of amides is 3.